The number of rotatable bonds is 6. The number of nitrogens with one attached hydrogen (secondary N) is 1. The van der Waals surface area contributed by atoms with Crippen LogP contribution in [-0.4, -0.2) is 69.0 Å². The molecule has 3 fully saturated rings. The highest BCUT2D eigenvalue weighted by atomic mass is 35.5. The van der Waals surface area contributed by atoms with Gasteiger partial charge in [-0.25, -0.2) is 19.9 Å². The molecule has 3 aliphatic rings. The summed E-state index contributed by atoms with van der Waals surface area (Å²) in [6.07, 6.45) is 11.4. The van der Waals surface area contributed by atoms with Crippen LogP contribution < -0.4 is 26.6 Å². The lowest BCUT2D eigenvalue weighted by molar-refractivity contribution is -0.120. The average Bonchev–Trinajstić information content (AvgIpc) is 3.19. The zero-order chi connectivity index (χ0) is 28.6. The predicted octanol–water partition coefficient (Wildman–Crippen LogP) is 3.66. The topological polar surface area (TPSA) is 152 Å². The van der Waals surface area contributed by atoms with Crippen molar-refractivity contribution in [1.82, 2.24) is 24.9 Å². The van der Waals surface area contributed by atoms with E-state index < -0.39 is 0 Å². The molecular formula is C28H35ClN10OS. The summed E-state index contributed by atoms with van der Waals surface area (Å²) < 4.78 is 0. The Morgan fingerprint density at radius 1 is 1.05 bits per heavy atom. The fourth-order valence-corrected chi connectivity index (χ4v) is 7.19. The second-order valence-electron chi connectivity index (χ2n) is 11.3. The minimum absolute atomic E-state index is 0.0502. The fourth-order valence-electron chi connectivity index (χ4n) is 6.16. The normalized spacial score (nSPS) is 24.2. The first-order valence-corrected chi connectivity index (χ1v) is 15.3. The van der Waals surface area contributed by atoms with E-state index in [4.69, 9.17) is 23.1 Å². The van der Waals surface area contributed by atoms with E-state index in [1.54, 1.807) is 30.9 Å². The van der Waals surface area contributed by atoms with Gasteiger partial charge in [0.25, 0.3) is 0 Å². The SMILES string of the molecule is C[C@@H]1C(=O)CC2(CCN(c3cnc(Sc4ccnc(Nc5ccnc(N6CCC[C@H](N)C6)n5)c4Cl)cn3)CC2)[C@H]1N. The molecule has 216 valence electrons. The van der Waals surface area contributed by atoms with E-state index in [9.17, 15) is 4.79 Å². The molecule has 2 aliphatic heterocycles. The number of hydrogen-bond donors (Lipinski definition) is 3. The first-order chi connectivity index (χ1) is 19.8. The van der Waals surface area contributed by atoms with Crippen molar-refractivity contribution in [3.63, 3.8) is 0 Å². The Morgan fingerprint density at radius 2 is 1.85 bits per heavy atom. The molecule has 5 heterocycles. The fraction of sp³-hybridized carbons (Fsp3) is 0.500. The number of carbonyl (C=O) groups is 1. The molecule has 0 amide bonds. The number of Topliss-reactive ketones (excluding diaryl/α,β-unsaturated/α-hetero) is 1. The van der Waals surface area contributed by atoms with Crippen molar-refractivity contribution < 1.29 is 4.79 Å². The van der Waals surface area contributed by atoms with Gasteiger partial charge in [0.05, 0.1) is 17.4 Å². The number of anilines is 4. The van der Waals surface area contributed by atoms with E-state index in [0.29, 0.717) is 34.8 Å². The van der Waals surface area contributed by atoms with Crippen molar-refractivity contribution >= 4 is 52.5 Å². The third-order valence-corrected chi connectivity index (χ3v) is 10.2. The molecule has 13 heteroatoms. The second-order valence-corrected chi connectivity index (χ2v) is 12.7. The van der Waals surface area contributed by atoms with Crippen LogP contribution in [0.2, 0.25) is 5.02 Å². The second kappa shape index (κ2) is 11.7. The quantitative estimate of drug-likeness (QED) is 0.382. The van der Waals surface area contributed by atoms with Crippen molar-refractivity contribution in [2.24, 2.45) is 22.8 Å². The van der Waals surface area contributed by atoms with Gasteiger partial charge >= 0.3 is 0 Å². The summed E-state index contributed by atoms with van der Waals surface area (Å²) in [4.78, 5) is 40.2. The van der Waals surface area contributed by atoms with E-state index in [0.717, 1.165) is 67.6 Å². The number of ketones is 1. The summed E-state index contributed by atoms with van der Waals surface area (Å²) in [5, 5.41) is 4.43. The summed E-state index contributed by atoms with van der Waals surface area (Å²) in [5.41, 5.74) is 12.5. The molecule has 0 unspecified atom stereocenters. The van der Waals surface area contributed by atoms with Gasteiger partial charge in [0, 0.05) is 67.9 Å². The van der Waals surface area contributed by atoms with Crippen LogP contribution in [0.25, 0.3) is 0 Å². The highest BCUT2D eigenvalue weighted by Gasteiger charge is 2.50. The number of halogens is 1. The Labute approximate surface area is 248 Å². The van der Waals surface area contributed by atoms with Crippen LogP contribution in [0.1, 0.15) is 39.0 Å². The lowest BCUT2D eigenvalue weighted by Crippen LogP contribution is -2.48. The molecule has 3 aromatic heterocycles. The third kappa shape index (κ3) is 5.83. The van der Waals surface area contributed by atoms with Crippen molar-refractivity contribution in [3.8, 4) is 0 Å². The first kappa shape index (κ1) is 28.1. The molecular weight excluding hydrogens is 560 g/mol. The van der Waals surface area contributed by atoms with Gasteiger partial charge < -0.3 is 26.6 Å². The molecule has 0 radical (unpaired) electrons. The van der Waals surface area contributed by atoms with E-state index in [-0.39, 0.29) is 23.4 Å². The van der Waals surface area contributed by atoms with Gasteiger partial charge in [-0.05, 0) is 43.2 Å². The third-order valence-electron chi connectivity index (χ3n) is 8.68. The maximum absolute atomic E-state index is 12.3. The highest BCUT2D eigenvalue weighted by Crippen LogP contribution is 2.46. The molecule has 6 rings (SSSR count). The van der Waals surface area contributed by atoms with Crippen LogP contribution in [0.4, 0.5) is 23.4 Å². The number of nitrogens with zero attached hydrogens (tertiary/aromatic N) is 7. The minimum atomic E-state index is -0.0749. The van der Waals surface area contributed by atoms with Crippen molar-refractivity contribution in [1.29, 1.82) is 0 Å². The minimum Gasteiger partial charge on any atom is -0.355 e. The molecule has 0 bridgehead atoms. The Bertz CT molecular complexity index is 1400. The summed E-state index contributed by atoms with van der Waals surface area (Å²) in [5.74, 6) is 2.82. The summed E-state index contributed by atoms with van der Waals surface area (Å²) >= 11 is 8.18. The Morgan fingerprint density at radius 3 is 2.56 bits per heavy atom. The molecule has 3 aromatic rings. The van der Waals surface area contributed by atoms with Gasteiger partial charge in [0.2, 0.25) is 5.95 Å². The summed E-state index contributed by atoms with van der Waals surface area (Å²) in [6.45, 7) is 5.21. The maximum Gasteiger partial charge on any atom is 0.227 e. The number of hydrogen-bond acceptors (Lipinski definition) is 12. The molecule has 3 atom stereocenters. The Kier molecular flexibility index (Phi) is 7.99. The van der Waals surface area contributed by atoms with Gasteiger partial charge in [-0.3, -0.25) is 4.79 Å². The smallest absolute Gasteiger partial charge is 0.227 e. The number of aromatic nitrogens is 5. The van der Waals surface area contributed by atoms with Crippen LogP contribution in [0.15, 0.2) is 46.8 Å². The van der Waals surface area contributed by atoms with Crippen molar-refractivity contribution in [2.45, 2.75) is 61.0 Å². The molecule has 41 heavy (non-hydrogen) atoms. The largest absolute Gasteiger partial charge is 0.355 e. The van der Waals surface area contributed by atoms with Gasteiger partial charge in [-0.15, -0.1) is 0 Å². The zero-order valence-corrected chi connectivity index (χ0v) is 24.6. The van der Waals surface area contributed by atoms with Crippen LogP contribution in [-0.2, 0) is 4.79 Å². The summed E-state index contributed by atoms with van der Waals surface area (Å²) in [7, 11) is 0. The van der Waals surface area contributed by atoms with Crippen LogP contribution >= 0.6 is 23.4 Å². The van der Waals surface area contributed by atoms with Crippen molar-refractivity contribution in [3.05, 3.63) is 41.9 Å². The predicted molar refractivity (Wildman–Crippen MR) is 161 cm³/mol. The molecule has 5 N–H and O–H groups in total. The van der Waals surface area contributed by atoms with E-state index in [1.807, 2.05) is 13.0 Å². The molecule has 11 nitrogen and oxygen atoms in total. The van der Waals surface area contributed by atoms with Gasteiger partial charge in [-0.2, -0.15) is 4.98 Å². The average molecular weight is 595 g/mol. The van der Waals surface area contributed by atoms with Crippen LogP contribution in [0.3, 0.4) is 0 Å². The highest BCUT2D eigenvalue weighted by molar-refractivity contribution is 7.99. The number of pyridine rings is 1. The monoisotopic (exact) mass is 594 g/mol. The van der Waals surface area contributed by atoms with Gasteiger partial charge in [0.1, 0.15) is 22.4 Å². The van der Waals surface area contributed by atoms with Crippen molar-refractivity contribution in [2.75, 3.05) is 41.3 Å². The number of nitrogens with two attached hydrogens (primary N) is 2. The molecule has 2 saturated heterocycles. The lowest BCUT2D eigenvalue weighted by atomic mass is 9.73. The first-order valence-electron chi connectivity index (χ1n) is 14.1. The van der Waals surface area contributed by atoms with Crippen LogP contribution in [0, 0.1) is 11.3 Å². The molecule has 1 saturated carbocycles. The van der Waals surface area contributed by atoms with Gasteiger partial charge in [-0.1, -0.05) is 30.3 Å². The zero-order valence-electron chi connectivity index (χ0n) is 23.0. The lowest BCUT2D eigenvalue weighted by Gasteiger charge is -2.42. The van der Waals surface area contributed by atoms with E-state index in [1.165, 1.54) is 11.8 Å². The Balaban J connectivity index is 1.09. The molecule has 1 aliphatic carbocycles. The Hall–Kier alpha value is -3.06. The van der Waals surface area contributed by atoms with E-state index >= 15 is 0 Å². The van der Waals surface area contributed by atoms with Crippen LogP contribution in [0.5, 0.6) is 0 Å². The number of carbonyl (C=O) groups excluding carboxylic acids is 1. The molecule has 1 spiro atoms. The molecule has 0 aromatic carbocycles. The standard InChI is InChI=1S/C28H35ClN10OS/c1-17-19(40)13-28(25(17)31)6-11-38(12-7-28)22-14-35-23(15-34-22)41-20-4-8-32-26(24(20)29)36-21-5-9-33-27(37-21)39-10-2-3-18(30)16-39/h4-5,8-9,14-15,17-18,25H,2-3,6-7,10-13,16,30-31H2,1H3,(H,32,33,36,37)/t17-,18+,25+/m1/s1. The summed E-state index contributed by atoms with van der Waals surface area (Å²) in [6, 6.07) is 3.71. The number of piperidine rings is 2. The van der Waals surface area contributed by atoms with E-state index in [2.05, 4.69) is 40.0 Å². The maximum atomic E-state index is 12.3. The van der Waals surface area contributed by atoms with Gasteiger partial charge in [0.15, 0.2) is 5.82 Å².